The van der Waals surface area contributed by atoms with E-state index in [0.717, 1.165) is 18.4 Å². The lowest BCUT2D eigenvalue weighted by atomic mass is 10.1. The predicted octanol–water partition coefficient (Wildman–Crippen LogP) is 6.91. The lowest BCUT2D eigenvalue weighted by Crippen LogP contribution is -2.29. The van der Waals surface area contributed by atoms with Gasteiger partial charge in [-0.2, -0.15) is 0 Å². The molecule has 0 aliphatic carbocycles. The molecule has 0 radical (unpaired) electrons. The summed E-state index contributed by atoms with van der Waals surface area (Å²) in [6.07, 6.45) is 4.46. The molecule has 0 spiro atoms. The summed E-state index contributed by atoms with van der Waals surface area (Å²) in [5.74, 6) is 0.753. The molecule has 10 heteroatoms. The first-order valence-corrected chi connectivity index (χ1v) is 13.5. The van der Waals surface area contributed by atoms with Crippen LogP contribution in [-0.2, 0) is 20.9 Å². The number of unbranched alkanes of at least 4 members (excludes halogenated alkanes) is 2. The maximum atomic E-state index is 12.9. The molecule has 192 valence electrons. The number of hydrogen-bond donors (Lipinski definition) is 0. The summed E-state index contributed by atoms with van der Waals surface area (Å²) in [5, 5.41) is 1.06. The Bertz CT molecular complexity index is 1130. The van der Waals surface area contributed by atoms with Crippen LogP contribution in [0.15, 0.2) is 41.3 Å². The number of rotatable bonds is 12. The maximum Gasteiger partial charge on any atom is 0.305 e. The van der Waals surface area contributed by atoms with Crippen LogP contribution in [0, 0.1) is 0 Å². The van der Waals surface area contributed by atoms with E-state index in [2.05, 4.69) is 4.74 Å². The van der Waals surface area contributed by atoms with Crippen LogP contribution in [0.3, 0.4) is 0 Å². The van der Waals surface area contributed by atoms with E-state index < -0.39 is 0 Å². The number of nitrogens with zero attached hydrogens (tertiary/aromatic N) is 1. The number of carbonyl (C=O) groups is 2. The van der Waals surface area contributed by atoms with Crippen LogP contribution in [0.1, 0.15) is 43.7 Å². The van der Waals surface area contributed by atoms with Crippen LogP contribution in [0.4, 0.5) is 0 Å². The first-order valence-electron chi connectivity index (χ1n) is 11.5. The van der Waals surface area contributed by atoms with E-state index in [1.165, 1.54) is 18.9 Å². The quantitative estimate of drug-likeness (QED) is 0.119. The van der Waals surface area contributed by atoms with Crippen LogP contribution in [-0.4, -0.2) is 41.4 Å². The molecular formula is C26H27Cl2NO5S2. The number of carbonyl (C=O) groups excluding carboxylic acids is 2. The lowest BCUT2D eigenvalue weighted by Gasteiger charge is -2.14. The summed E-state index contributed by atoms with van der Waals surface area (Å²) < 4.78 is 16.9. The Morgan fingerprint density at radius 1 is 1.08 bits per heavy atom. The smallest absolute Gasteiger partial charge is 0.305 e. The van der Waals surface area contributed by atoms with Gasteiger partial charge in [0.2, 0.25) is 0 Å². The van der Waals surface area contributed by atoms with Gasteiger partial charge in [0, 0.05) is 28.6 Å². The number of ether oxygens (including phenoxy) is 3. The van der Waals surface area contributed by atoms with Gasteiger partial charge in [-0.05, 0) is 55.7 Å². The largest absolute Gasteiger partial charge is 0.490 e. The molecule has 1 fully saturated rings. The molecule has 0 unspecified atom stereocenters. The van der Waals surface area contributed by atoms with Gasteiger partial charge in [-0.1, -0.05) is 65.7 Å². The highest BCUT2D eigenvalue weighted by molar-refractivity contribution is 8.26. The van der Waals surface area contributed by atoms with Gasteiger partial charge >= 0.3 is 5.97 Å². The monoisotopic (exact) mass is 567 g/mol. The molecule has 2 aromatic carbocycles. The van der Waals surface area contributed by atoms with Gasteiger partial charge < -0.3 is 14.2 Å². The molecular weight excluding hydrogens is 541 g/mol. The van der Waals surface area contributed by atoms with Gasteiger partial charge in [-0.15, -0.1) is 0 Å². The third-order valence-electron chi connectivity index (χ3n) is 5.36. The summed E-state index contributed by atoms with van der Waals surface area (Å²) in [6.45, 7) is 3.05. The van der Waals surface area contributed by atoms with Crippen molar-refractivity contribution in [2.75, 3.05) is 20.3 Å². The number of esters is 1. The Balaban J connectivity index is 1.66. The fourth-order valence-electron chi connectivity index (χ4n) is 3.48. The third kappa shape index (κ3) is 7.62. The Morgan fingerprint density at radius 3 is 2.53 bits per heavy atom. The topological polar surface area (TPSA) is 65.1 Å². The van der Waals surface area contributed by atoms with Gasteiger partial charge in [-0.25, -0.2) is 0 Å². The molecule has 1 heterocycles. The molecule has 3 rings (SSSR count). The summed E-state index contributed by atoms with van der Waals surface area (Å²) in [7, 11) is 1.38. The van der Waals surface area contributed by atoms with E-state index in [9.17, 15) is 9.59 Å². The molecule has 0 bridgehead atoms. The molecule has 0 atom stereocenters. The molecule has 1 aliphatic rings. The highest BCUT2D eigenvalue weighted by Gasteiger charge is 2.31. The summed E-state index contributed by atoms with van der Waals surface area (Å²) in [4.78, 5) is 26.3. The zero-order valence-corrected chi connectivity index (χ0v) is 23.2. The average molecular weight is 569 g/mol. The van der Waals surface area contributed by atoms with Crippen molar-refractivity contribution in [3.8, 4) is 11.5 Å². The van der Waals surface area contributed by atoms with Crippen molar-refractivity contribution in [2.45, 2.75) is 39.2 Å². The number of halogens is 2. The van der Waals surface area contributed by atoms with Gasteiger partial charge in [0.05, 0.1) is 18.6 Å². The van der Waals surface area contributed by atoms with Crippen molar-refractivity contribution in [2.24, 2.45) is 0 Å². The highest BCUT2D eigenvalue weighted by Crippen LogP contribution is 2.36. The minimum atomic E-state index is -0.223. The molecule has 36 heavy (non-hydrogen) atoms. The lowest BCUT2D eigenvalue weighted by molar-refractivity contribution is -0.140. The first kappa shape index (κ1) is 28.3. The van der Waals surface area contributed by atoms with Crippen LogP contribution < -0.4 is 9.47 Å². The Hall–Kier alpha value is -2.26. The molecule has 0 saturated carbocycles. The minimum Gasteiger partial charge on any atom is -0.490 e. The number of methoxy groups -OCH3 is 1. The number of benzene rings is 2. The Morgan fingerprint density at radius 2 is 1.83 bits per heavy atom. The standard InChI is InChI=1S/C26H27Cl2NO5S2/c1-3-33-22-14-17(11-12-21(22)34-16-18-19(27)8-7-9-20(18)28)15-23-25(31)29(26(35)36-23)13-6-4-5-10-24(30)32-2/h7-9,11-12,14-15H,3-6,10,13,16H2,1-2H3/b23-15-. The van der Waals surface area contributed by atoms with E-state index in [1.54, 1.807) is 35.2 Å². The summed E-state index contributed by atoms with van der Waals surface area (Å²) in [5.41, 5.74) is 1.49. The van der Waals surface area contributed by atoms with Crippen molar-refractivity contribution < 1.29 is 23.8 Å². The van der Waals surface area contributed by atoms with Gasteiger partial charge in [0.15, 0.2) is 11.5 Å². The summed E-state index contributed by atoms with van der Waals surface area (Å²) >= 11 is 19.2. The van der Waals surface area contributed by atoms with E-state index >= 15 is 0 Å². The number of hydrogen-bond acceptors (Lipinski definition) is 7. The van der Waals surface area contributed by atoms with Crippen LogP contribution in [0.2, 0.25) is 10.0 Å². The fraction of sp³-hybridized carbons (Fsp3) is 0.346. The zero-order chi connectivity index (χ0) is 26.1. The second kappa shape index (κ2) is 13.9. The van der Waals surface area contributed by atoms with Gasteiger partial charge in [-0.3, -0.25) is 14.5 Å². The number of thiocarbonyl (C=S) groups is 1. The van der Waals surface area contributed by atoms with Crippen molar-refractivity contribution in [1.82, 2.24) is 4.90 Å². The zero-order valence-electron chi connectivity index (χ0n) is 20.1. The van der Waals surface area contributed by atoms with Crippen molar-refractivity contribution in [1.29, 1.82) is 0 Å². The van der Waals surface area contributed by atoms with Gasteiger partial charge in [0.1, 0.15) is 10.9 Å². The van der Waals surface area contributed by atoms with E-state index in [4.69, 9.17) is 44.9 Å². The molecule has 1 saturated heterocycles. The minimum absolute atomic E-state index is 0.121. The maximum absolute atomic E-state index is 12.9. The highest BCUT2D eigenvalue weighted by atomic mass is 35.5. The van der Waals surface area contributed by atoms with E-state index in [0.29, 0.717) is 62.3 Å². The predicted molar refractivity (Wildman–Crippen MR) is 149 cm³/mol. The molecule has 2 aromatic rings. The third-order valence-corrected chi connectivity index (χ3v) is 7.45. The first-order chi connectivity index (χ1) is 17.3. The van der Waals surface area contributed by atoms with Crippen LogP contribution in [0.25, 0.3) is 6.08 Å². The normalized spacial score (nSPS) is 14.4. The summed E-state index contributed by atoms with van der Waals surface area (Å²) in [6, 6.07) is 10.8. The van der Waals surface area contributed by atoms with Crippen LogP contribution >= 0.6 is 47.2 Å². The molecule has 0 N–H and O–H groups in total. The Labute approximate surface area is 230 Å². The molecule has 6 nitrogen and oxygen atoms in total. The van der Waals surface area contributed by atoms with Crippen LogP contribution in [0.5, 0.6) is 11.5 Å². The molecule has 1 amide bonds. The van der Waals surface area contributed by atoms with Crippen molar-refractivity contribution in [3.05, 3.63) is 62.5 Å². The van der Waals surface area contributed by atoms with E-state index in [-0.39, 0.29) is 18.5 Å². The SMILES string of the molecule is CCOc1cc(/C=C2\SC(=S)N(CCCCCC(=O)OC)C2=O)ccc1OCc1c(Cl)cccc1Cl. The van der Waals surface area contributed by atoms with E-state index in [1.807, 2.05) is 19.1 Å². The Kier molecular flexibility index (Phi) is 10.9. The van der Waals surface area contributed by atoms with Crippen molar-refractivity contribution >= 4 is 69.5 Å². The second-order valence-electron chi connectivity index (χ2n) is 7.85. The second-order valence-corrected chi connectivity index (χ2v) is 10.3. The van der Waals surface area contributed by atoms with Gasteiger partial charge in [0.25, 0.3) is 5.91 Å². The van der Waals surface area contributed by atoms with Crippen molar-refractivity contribution in [3.63, 3.8) is 0 Å². The average Bonchev–Trinajstić information content (AvgIpc) is 3.11. The molecule has 1 aliphatic heterocycles. The number of amides is 1. The number of thioether (sulfide) groups is 1. The molecule has 0 aromatic heterocycles. The fourth-order valence-corrected chi connectivity index (χ4v) is 5.30.